The first-order chi connectivity index (χ1) is 17.0. The summed E-state index contributed by atoms with van der Waals surface area (Å²) in [7, 11) is 2.94. The lowest BCUT2D eigenvalue weighted by Crippen LogP contribution is -2.13. The van der Waals surface area contributed by atoms with Gasteiger partial charge in [-0.1, -0.05) is 12.1 Å². The summed E-state index contributed by atoms with van der Waals surface area (Å²) in [6.45, 7) is 2.59. The number of fused-ring (bicyclic) bond motifs is 1. The number of carbonyl (C=O) groups excluding carboxylic acids is 2. The molecule has 0 saturated carbocycles. The number of esters is 1. The van der Waals surface area contributed by atoms with Gasteiger partial charge in [-0.2, -0.15) is 0 Å². The molecule has 0 atom stereocenters. The molecule has 1 amide bonds. The van der Waals surface area contributed by atoms with Gasteiger partial charge in [0.15, 0.2) is 11.5 Å². The first kappa shape index (κ1) is 24.1. The van der Waals surface area contributed by atoms with E-state index < -0.39 is 0 Å². The Morgan fingerprint density at radius 2 is 1.69 bits per heavy atom. The van der Waals surface area contributed by atoms with Gasteiger partial charge in [0.25, 0.3) is 5.91 Å². The van der Waals surface area contributed by atoms with E-state index in [1.54, 1.807) is 37.4 Å². The Morgan fingerprint density at radius 1 is 0.886 bits per heavy atom. The van der Waals surface area contributed by atoms with E-state index in [4.69, 9.17) is 18.9 Å². The molecule has 0 radical (unpaired) electrons. The molecule has 4 rings (SSSR count). The molecule has 0 aliphatic rings. The second kappa shape index (κ2) is 10.9. The summed E-state index contributed by atoms with van der Waals surface area (Å²) >= 11 is 1.34. The average molecular weight is 492 g/mol. The van der Waals surface area contributed by atoms with Gasteiger partial charge < -0.3 is 24.3 Å². The molecule has 0 bridgehead atoms. The second-order valence-corrected chi connectivity index (χ2v) is 8.59. The molecule has 4 aromatic rings. The van der Waals surface area contributed by atoms with Gasteiger partial charge in [-0.3, -0.25) is 4.79 Å². The van der Waals surface area contributed by atoms with E-state index in [2.05, 4.69) is 5.32 Å². The molecule has 0 unspecified atom stereocenters. The first-order valence-electron chi connectivity index (χ1n) is 11.0. The van der Waals surface area contributed by atoms with Crippen LogP contribution in [0.3, 0.4) is 0 Å². The van der Waals surface area contributed by atoms with Crippen LogP contribution in [0, 0.1) is 0 Å². The highest BCUT2D eigenvalue weighted by molar-refractivity contribution is 7.20. The van der Waals surface area contributed by atoms with Crippen molar-refractivity contribution >= 4 is 39.0 Å². The average Bonchev–Trinajstić information content (AvgIpc) is 3.31. The van der Waals surface area contributed by atoms with Gasteiger partial charge in [-0.25, -0.2) is 4.79 Å². The number of methoxy groups -OCH3 is 2. The van der Waals surface area contributed by atoms with Crippen LogP contribution in [0.15, 0.2) is 66.7 Å². The van der Waals surface area contributed by atoms with Crippen LogP contribution in [-0.4, -0.2) is 32.7 Å². The molecule has 0 aliphatic carbocycles. The van der Waals surface area contributed by atoms with Crippen LogP contribution in [0.1, 0.15) is 32.5 Å². The third-order valence-corrected chi connectivity index (χ3v) is 6.33. The molecule has 0 spiro atoms. The van der Waals surface area contributed by atoms with Crippen LogP contribution >= 0.6 is 11.3 Å². The van der Waals surface area contributed by atoms with E-state index >= 15 is 0 Å². The van der Waals surface area contributed by atoms with E-state index in [9.17, 15) is 9.59 Å². The number of benzene rings is 3. The third kappa shape index (κ3) is 5.55. The third-order valence-electron chi connectivity index (χ3n) is 5.24. The predicted octanol–water partition coefficient (Wildman–Crippen LogP) is 5.93. The van der Waals surface area contributed by atoms with Gasteiger partial charge in [0.2, 0.25) is 0 Å². The van der Waals surface area contributed by atoms with Crippen molar-refractivity contribution in [2.75, 3.05) is 26.1 Å². The second-order valence-electron chi connectivity index (χ2n) is 7.50. The van der Waals surface area contributed by atoms with E-state index in [0.29, 0.717) is 40.0 Å². The molecule has 7 nitrogen and oxygen atoms in total. The smallest absolute Gasteiger partial charge is 0.348 e. The van der Waals surface area contributed by atoms with Gasteiger partial charge in [0.05, 0.1) is 20.8 Å². The molecule has 1 N–H and O–H groups in total. The monoisotopic (exact) mass is 491 g/mol. The standard InChI is InChI=1S/C27H25NO6S/c1-4-33-21-11-9-17(13-19(21)16-34-23-8-6-5-7-22(23)31-2)26(29)28-20-10-12-24-18(14-20)15-25(35-24)27(30)32-3/h5-15H,4,16H2,1-3H3,(H,28,29). The summed E-state index contributed by atoms with van der Waals surface area (Å²) in [6, 6.07) is 19.9. The molecule has 35 heavy (non-hydrogen) atoms. The van der Waals surface area contributed by atoms with Crippen LogP contribution in [0.25, 0.3) is 10.1 Å². The highest BCUT2D eigenvalue weighted by Crippen LogP contribution is 2.30. The maximum absolute atomic E-state index is 13.0. The Morgan fingerprint density at radius 3 is 2.43 bits per heavy atom. The van der Waals surface area contributed by atoms with Crippen molar-refractivity contribution < 1.29 is 28.5 Å². The van der Waals surface area contributed by atoms with Crippen molar-refractivity contribution in [2.45, 2.75) is 13.5 Å². The summed E-state index contributed by atoms with van der Waals surface area (Å²) in [5, 5.41) is 3.77. The van der Waals surface area contributed by atoms with Crippen molar-refractivity contribution in [1.82, 2.24) is 0 Å². The quantitative estimate of drug-likeness (QED) is 0.292. The van der Waals surface area contributed by atoms with Crippen molar-refractivity contribution in [2.24, 2.45) is 0 Å². The number of ether oxygens (including phenoxy) is 4. The molecule has 0 aliphatic heterocycles. The number of para-hydroxylation sites is 2. The molecule has 3 aromatic carbocycles. The van der Waals surface area contributed by atoms with E-state index in [-0.39, 0.29) is 18.5 Å². The van der Waals surface area contributed by atoms with E-state index in [0.717, 1.165) is 15.6 Å². The number of nitrogens with one attached hydrogen (secondary N) is 1. The molecular formula is C27H25NO6S. The van der Waals surface area contributed by atoms with Gasteiger partial charge in [0.1, 0.15) is 17.2 Å². The molecule has 1 heterocycles. The molecule has 8 heteroatoms. The number of anilines is 1. The zero-order valence-corrected chi connectivity index (χ0v) is 20.4. The fourth-order valence-corrected chi connectivity index (χ4v) is 4.51. The summed E-state index contributed by atoms with van der Waals surface area (Å²) in [5.41, 5.74) is 1.83. The lowest BCUT2D eigenvalue weighted by atomic mass is 10.1. The van der Waals surface area contributed by atoms with Crippen LogP contribution in [0.4, 0.5) is 5.69 Å². The Bertz CT molecular complexity index is 1360. The van der Waals surface area contributed by atoms with Crippen LogP contribution in [-0.2, 0) is 11.3 Å². The zero-order chi connectivity index (χ0) is 24.8. The zero-order valence-electron chi connectivity index (χ0n) is 19.6. The summed E-state index contributed by atoms with van der Waals surface area (Å²) in [5.74, 6) is 1.22. The number of hydrogen-bond acceptors (Lipinski definition) is 7. The topological polar surface area (TPSA) is 83.1 Å². The minimum Gasteiger partial charge on any atom is -0.493 e. The molecule has 0 saturated heterocycles. The minimum atomic E-state index is -0.381. The fourth-order valence-electron chi connectivity index (χ4n) is 3.55. The highest BCUT2D eigenvalue weighted by Gasteiger charge is 2.14. The summed E-state index contributed by atoms with van der Waals surface area (Å²) in [4.78, 5) is 25.3. The van der Waals surface area contributed by atoms with Crippen molar-refractivity contribution in [1.29, 1.82) is 0 Å². The number of amides is 1. The van der Waals surface area contributed by atoms with Crippen LogP contribution in [0.2, 0.25) is 0 Å². The molecular weight excluding hydrogens is 466 g/mol. The van der Waals surface area contributed by atoms with E-state index in [1.165, 1.54) is 18.4 Å². The van der Waals surface area contributed by atoms with E-state index in [1.807, 2.05) is 43.3 Å². The molecule has 0 fully saturated rings. The SMILES string of the molecule is CCOc1ccc(C(=O)Nc2ccc3sc(C(=O)OC)cc3c2)cc1COc1ccccc1OC. The maximum Gasteiger partial charge on any atom is 0.348 e. The highest BCUT2D eigenvalue weighted by atomic mass is 32.1. The van der Waals surface area contributed by atoms with Gasteiger partial charge in [0, 0.05) is 21.5 Å². The van der Waals surface area contributed by atoms with Crippen LogP contribution < -0.4 is 19.5 Å². The number of rotatable bonds is 9. The maximum atomic E-state index is 13.0. The molecule has 180 valence electrons. The Labute approximate surface area is 207 Å². The lowest BCUT2D eigenvalue weighted by Gasteiger charge is -2.15. The minimum absolute atomic E-state index is 0.202. The normalized spacial score (nSPS) is 10.6. The summed E-state index contributed by atoms with van der Waals surface area (Å²) < 4.78 is 22.8. The van der Waals surface area contributed by atoms with Crippen LogP contribution in [0.5, 0.6) is 17.2 Å². The Hall–Kier alpha value is -4.04. The van der Waals surface area contributed by atoms with Crippen molar-refractivity contribution in [3.8, 4) is 17.2 Å². The number of thiophene rings is 1. The lowest BCUT2D eigenvalue weighted by molar-refractivity contribution is 0.0606. The van der Waals surface area contributed by atoms with Gasteiger partial charge >= 0.3 is 5.97 Å². The van der Waals surface area contributed by atoms with Crippen molar-refractivity contribution in [3.63, 3.8) is 0 Å². The van der Waals surface area contributed by atoms with Crippen molar-refractivity contribution in [3.05, 3.63) is 82.7 Å². The molecule has 1 aromatic heterocycles. The predicted molar refractivity (Wildman–Crippen MR) is 136 cm³/mol. The Kier molecular flexibility index (Phi) is 7.52. The fraction of sp³-hybridized carbons (Fsp3) is 0.185. The Balaban J connectivity index is 1.53. The summed E-state index contributed by atoms with van der Waals surface area (Å²) in [6.07, 6.45) is 0. The first-order valence-corrected chi connectivity index (χ1v) is 11.8. The van der Waals surface area contributed by atoms with Gasteiger partial charge in [-0.05, 0) is 66.9 Å². The number of carbonyl (C=O) groups is 2. The van der Waals surface area contributed by atoms with Gasteiger partial charge in [-0.15, -0.1) is 11.3 Å². The number of hydrogen-bond donors (Lipinski definition) is 1. The largest absolute Gasteiger partial charge is 0.493 e.